The quantitative estimate of drug-likeness (QED) is 0.729. The Labute approximate surface area is 131 Å². The van der Waals surface area contributed by atoms with E-state index in [-0.39, 0.29) is 0 Å². The molecule has 1 aliphatic heterocycles. The third-order valence-corrected chi connectivity index (χ3v) is 4.66. The molecule has 22 heavy (non-hydrogen) atoms. The molecule has 0 atom stereocenters. The summed E-state index contributed by atoms with van der Waals surface area (Å²) in [6.45, 7) is 4.76. The number of nitrogens with zero attached hydrogens (tertiary/aromatic N) is 3. The van der Waals surface area contributed by atoms with Crippen LogP contribution in [0.2, 0.25) is 0 Å². The molecule has 0 bridgehead atoms. The molecule has 3 aromatic rings. The number of hydrogen-bond donors (Lipinski definition) is 0. The second-order valence-electron chi connectivity index (χ2n) is 6.03. The maximum Gasteiger partial charge on any atom is 0.0486 e. The molecule has 0 N–H and O–H groups in total. The first-order chi connectivity index (χ1) is 10.9. The fourth-order valence-corrected chi connectivity index (χ4v) is 3.46. The van der Waals surface area contributed by atoms with Gasteiger partial charge in [-0.15, -0.1) is 0 Å². The number of aromatic nitrogens is 2. The van der Waals surface area contributed by atoms with E-state index in [1.807, 2.05) is 12.4 Å². The second-order valence-corrected chi connectivity index (χ2v) is 6.03. The topological polar surface area (TPSA) is 21.1 Å². The highest BCUT2D eigenvalue weighted by molar-refractivity contribution is 5.95. The van der Waals surface area contributed by atoms with Crippen LogP contribution < -0.4 is 0 Å². The Morgan fingerprint density at radius 2 is 1.73 bits per heavy atom. The van der Waals surface area contributed by atoms with E-state index in [0.717, 1.165) is 13.1 Å². The smallest absolute Gasteiger partial charge is 0.0486 e. The van der Waals surface area contributed by atoms with Crippen molar-refractivity contribution in [3.63, 3.8) is 0 Å². The summed E-state index contributed by atoms with van der Waals surface area (Å²) < 4.78 is 2.39. The first-order valence-corrected chi connectivity index (χ1v) is 8.12. The molecule has 1 aromatic carbocycles. The second kappa shape index (κ2) is 5.93. The molecule has 0 unspecified atom stereocenters. The number of hydrogen-bond acceptors (Lipinski definition) is 2. The first kappa shape index (κ1) is 13.5. The molecule has 3 nitrogen and oxygen atoms in total. The first-order valence-electron chi connectivity index (χ1n) is 8.12. The Hall–Kier alpha value is -2.13. The lowest BCUT2D eigenvalue weighted by molar-refractivity contribution is 0.324. The van der Waals surface area contributed by atoms with Gasteiger partial charge >= 0.3 is 0 Å². The lowest BCUT2D eigenvalue weighted by Gasteiger charge is -2.15. The minimum atomic E-state index is 1.07. The predicted octanol–water partition coefficient (Wildman–Crippen LogP) is 3.80. The summed E-state index contributed by atoms with van der Waals surface area (Å²) in [5.41, 5.74) is 3.85. The van der Waals surface area contributed by atoms with Crippen LogP contribution in [-0.4, -0.2) is 34.1 Å². The van der Waals surface area contributed by atoms with E-state index >= 15 is 0 Å². The van der Waals surface area contributed by atoms with Crippen LogP contribution in [0.4, 0.5) is 0 Å². The number of likely N-dealkylation sites (tertiary alicyclic amines) is 1. The average Bonchev–Trinajstić information content (AvgIpc) is 3.23. The molecule has 3 heterocycles. The predicted molar refractivity (Wildman–Crippen MR) is 90.8 cm³/mol. The van der Waals surface area contributed by atoms with Crippen LogP contribution >= 0.6 is 0 Å². The van der Waals surface area contributed by atoms with Crippen LogP contribution in [0, 0.1) is 0 Å². The Morgan fingerprint density at radius 3 is 2.55 bits per heavy atom. The molecule has 0 saturated carbocycles. The highest BCUT2D eigenvalue weighted by Gasteiger charge is 2.12. The Bertz CT molecular complexity index is 755. The number of pyridine rings is 1. The van der Waals surface area contributed by atoms with Gasteiger partial charge in [-0.3, -0.25) is 4.98 Å². The molecule has 0 aliphatic carbocycles. The van der Waals surface area contributed by atoms with Crippen LogP contribution in [0.3, 0.4) is 0 Å². The van der Waals surface area contributed by atoms with Crippen LogP contribution in [0.15, 0.2) is 55.0 Å². The number of fused-ring (bicyclic) bond motifs is 1. The highest BCUT2D eigenvalue weighted by Crippen LogP contribution is 2.29. The van der Waals surface area contributed by atoms with E-state index in [4.69, 9.17) is 0 Å². The normalized spacial score (nSPS) is 15.6. The molecule has 112 valence electrons. The van der Waals surface area contributed by atoms with Crippen molar-refractivity contribution < 1.29 is 0 Å². The van der Waals surface area contributed by atoms with Gasteiger partial charge in [0.05, 0.1) is 0 Å². The van der Waals surface area contributed by atoms with E-state index < -0.39 is 0 Å². The third kappa shape index (κ3) is 2.53. The van der Waals surface area contributed by atoms with Gasteiger partial charge in [0.25, 0.3) is 0 Å². The summed E-state index contributed by atoms with van der Waals surface area (Å²) in [7, 11) is 0. The molecule has 1 fully saturated rings. The van der Waals surface area contributed by atoms with Gasteiger partial charge < -0.3 is 9.47 Å². The molecular formula is C19H21N3. The van der Waals surface area contributed by atoms with E-state index in [9.17, 15) is 0 Å². The molecule has 0 amide bonds. The minimum Gasteiger partial charge on any atom is -0.346 e. The summed E-state index contributed by atoms with van der Waals surface area (Å²) >= 11 is 0. The van der Waals surface area contributed by atoms with Crippen molar-refractivity contribution in [1.82, 2.24) is 14.5 Å². The molecular weight excluding hydrogens is 270 g/mol. The monoisotopic (exact) mass is 291 g/mol. The van der Waals surface area contributed by atoms with Crippen molar-refractivity contribution in [2.24, 2.45) is 0 Å². The molecule has 2 aromatic heterocycles. The van der Waals surface area contributed by atoms with Crippen molar-refractivity contribution in [2.45, 2.75) is 19.4 Å². The Balaban J connectivity index is 1.64. The standard InChI is InChI=1S/C19H21N3/c1-2-12-21(11-1)14-15-22-13-8-18-17(4-3-5-19(18)22)16-6-9-20-10-7-16/h3-10,13H,1-2,11-12,14-15H2. The van der Waals surface area contributed by atoms with Gasteiger partial charge in [0, 0.05) is 42.6 Å². The van der Waals surface area contributed by atoms with E-state index in [2.05, 4.69) is 57.0 Å². The molecule has 0 spiro atoms. The van der Waals surface area contributed by atoms with Crippen molar-refractivity contribution in [3.8, 4) is 11.1 Å². The van der Waals surface area contributed by atoms with Gasteiger partial charge in [0.1, 0.15) is 0 Å². The van der Waals surface area contributed by atoms with Gasteiger partial charge in [-0.25, -0.2) is 0 Å². The fraction of sp³-hybridized carbons (Fsp3) is 0.316. The van der Waals surface area contributed by atoms with Crippen LogP contribution in [0.25, 0.3) is 22.0 Å². The zero-order valence-electron chi connectivity index (χ0n) is 12.8. The minimum absolute atomic E-state index is 1.07. The Morgan fingerprint density at radius 1 is 0.909 bits per heavy atom. The van der Waals surface area contributed by atoms with Crippen molar-refractivity contribution in [3.05, 3.63) is 55.0 Å². The molecule has 3 heteroatoms. The van der Waals surface area contributed by atoms with Gasteiger partial charge in [-0.2, -0.15) is 0 Å². The maximum absolute atomic E-state index is 4.12. The third-order valence-electron chi connectivity index (χ3n) is 4.66. The van der Waals surface area contributed by atoms with Crippen LogP contribution in [0.5, 0.6) is 0 Å². The number of rotatable bonds is 4. The summed E-state index contributed by atoms with van der Waals surface area (Å²) in [5.74, 6) is 0. The van der Waals surface area contributed by atoms with Gasteiger partial charge in [0.15, 0.2) is 0 Å². The average molecular weight is 291 g/mol. The van der Waals surface area contributed by atoms with Crippen molar-refractivity contribution >= 4 is 10.9 Å². The lowest BCUT2D eigenvalue weighted by atomic mass is 10.0. The largest absolute Gasteiger partial charge is 0.346 e. The van der Waals surface area contributed by atoms with Crippen molar-refractivity contribution in [1.29, 1.82) is 0 Å². The fourth-order valence-electron chi connectivity index (χ4n) is 3.46. The molecule has 1 aliphatic rings. The zero-order chi connectivity index (χ0) is 14.8. The zero-order valence-corrected chi connectivity index (χ0v) is 12.8. The summed E-state index contributed by atoms with van der Waals surface area (Å²) in [6, 6.07) is 13.0. The van der Waals surface area contributed by atoms with Crippen molar-refractivity contribution in [2.75, 3.05) is 19.6 Å². The molecule has 4 rings (SSSR count). The molecule has 1 saturated heterocycles. The van der Waals surface area contributed by atoms with E-state index in [0.29, 0.717) is 0 Å². The Kier molecular flexibility index (Phi) is 3.65. The van der Waals surface area contributed by atoms with Crippen LogP contribution in [0.1, 0.15) is 12.8 Å². The van der Waals surface area contributed by atoms with Gasteiger partial charge in [-0.05, 0) is 61.3 Å². The SMILES string of the molecule is c1cc(-c2ccncc2)c2ccn(CCN3CCCC3)c2c1. The highest BCUT2D eigenvalue weighted by atomic mass is 15.2. The maximum atomic E-state index is 4.12. The molecule has 0 radical (unpaired) electrons. The van der Waals surface area contributed by atoms with E-state index in [1.165, 1.54) is 48.0 Å². The van der Waals surface area contributed by atoms with Crippen LogP contribution in [-0.2, 0) is 6.54 Å². The summed E-state index contributed by atoms with van der Waals surface area (Å²) in [4.78, 5) is 6.69. The summed E-state index contributed by atoms with van der Waals surface area (Å²) in [5, 5.41) is 1.33. The van der Waals surface area contributed by atoms with Gasteiger partial charge in [0.2, 0.25) is 0 Å². The van der Waals surface area contributed by atoms with Gasteiger partial charge in [-0.1, -0.05) is 12.1 Å². The lowest BCUT2D eigenvalue weighted by Crippen LogP contribution is -2.23. The summed E-state index contributed by atoms with van der Waals surface area (Å²) in [6.07, 6.45) is 8.67. The number of benzene rings is 1. The van der Waals surface area contributed by atoms with E-state index in [1.54, 1.807) is 0 Å².